The first-order valence-electron chi connectivity index (χ1n) is 9.53. The van der Waals surface area contributed by atoms with Crippen LogP contribution in [0.5, 0.6) is 0 Å². The summed E-state index contributed by atoms with van der Waals surface area (Å²) in [5.41, 5.74) is 4.60. The first-order chi connectivity index (χ1) is 13.6. The molecule has 0 bridgehead atoms. The minimum Gasteiger partial charge on any atom is -0.378 e. The summed E-state index contributed by atoms with van der Waals surface area (Å²) >= 11 is 0. The molecule has 1 aromatic heterocycles. The number of fused-ring (bicyclic) bond motifs is 3. The third kappa shape index (κ3) is 3.43. The number of anilines is 1. The number of aromatic amines is 1. The van der Waals surface area contributed by atoms with Gasteiger partial charge in [0.2, 0.25) is 0 Å². The number of aryl methyl sites for hydroxylation is 2. The van der Waals surface area contributed by atoms with Crippen molar-refractivity contribution in [1.82, 2.24) is 10.3 Å². The van der Waals surface area contributed by atoms with Crippen LogP contribution in [-0.4, -0.2) is 28.9 Å². The van der Waals surface area contributed by atoms with Crippen molar-refractivity contribution in [3.05, 3.63) is 69.4 Å². The molecule has 4 rings (SSSR count). The number of H-pyrrole nitrogens is 1. The van der Waals surface area contributed by atoms with Gasteiger partial charge in [-0.3, -0.25) is 14.9 Å². The minimum atomic E-state index is -0.422. The molecule has 3 N–H and O–H groups in total. The monoisotopic (exact) mass is 378 g/mol. The van der Waals surface area contributed by atoms with Gasteiger partial charge in [-0.15, -0.1) is 0 Å². The van der Waals surface area contributed by atoms with E-state index in [1.165, 1.54) is 30.2 Å². The number of rotatable bonds is 6. The second-order valence-corrected chi connectivity index (χ2v) is 6.97. The van der Waals surface area contributed by atoms with E-state index in [2.05, 4.69) is 21.7 Å². The average molecular weight is 378 g/mol. The fourth-order valence-electron chi connectivity index (χ4n) is 3.87. The molecule has 28 heavy (non-hydrogen) atoms. The first-order valence-corrected chi connectivity index (χ1v) is 9.53. The number of nitrogens with zero attached hydrogens (tertiary/aromatic N) is 1. The molecule has 0 aliphatic heterocycles. The van der Waals surface area contributed by atoms with Crippen LogP contribution in [0.4, 0.5) is 11.4 Å². The second kappa shape index (κ2) is 7.72. The van der Waals surface area contributed by atoms with Crippen LogP contribution in [0.15, 0.2) is 42.5 Å². The second-order valence-electron chi connectivity index (χ2n) is 6.97. The van der Waals surface area contributed by atoms with Gasteiger partial charge in [0.05, 0.1) is 16.0 Å². The molecule has 0 atom stereocenters. The van der Waals surface area contributed by atoms with Gasteiger partial charge in [-0.05, 0) is 43.4 Å². The van der Waals surface area contributed by atoms with E-state index in [0.717, 1.165) is 23.7 Å². The lowest BCUT2D eigenvalue weighted by Gasteiger charge is -2.10. The van der Waals surface area contributed by atoms with Crippen molar-refractivity contribution < 1.29 is 9.72 Å². The van der Waals surface area contributed by atoms with E-state index in [4.69, 9.17) is 0 Å². The maximum atomic E-state index is 12.7. The molecule has 0 spiro atoms. The van der Waals surface area contributed by atoms with Crippen molar-refractivity contribution in [2.24, 2.45) is 0 Å². The Labute approximate surface area is 162 Å². The van der Waals surface area contributed by atoms with Gasteiger partial charge in [0, 0.05) is 30.2 Å². The quantitative estimate of drug-likeness (QED) is 0.345. The Morgan fingerprint density at radius 2 is 1.89 bits per heavy atom. The van der Waals surface area contributed by atoms with Gasteiger partial charge in [-0.1, -0.05) is 24.3 Å². The van der Waals surface area contributed by atoms with Gasteiger partial charge in [0.1, 0.15) is 5.69 Å². The lowest BCUT2D eigenvalue weighted by Crippen LogP contribution is -2.29. The Bertz CT molecular complexity index is 1040. The summed E-state index contributed by atoms with van der Waals surface area (Å²) in [5, 5.41) is 18.1. The van der Waals surface area contributed by atoms with Crippen molar-refractivity contribution in [2.75, 3.05) is 18.4 Å². The summed E-state index contributed by atoms with van der Waals surface area (Å²) in [7, 11) is 0. The lowest BCUT2D eigenvalue weighted by atomic mass is 9.95. The van der Waals surface area contributed by atoms with Crippen molar-refractivity contribution in [2.45, 2.75) is 25.7 Å². The highest BCUT2D eigenvalue weighted by atomic mass is 16.6. The molecular weight excluding hydrogens is 356 g/mol. The Hall–Kier alpha value is -3.35. The van der Waals surface area contributed by atoms with E-state index < -0.39 is 4.92 Å². The van der Waals surface area contributed by atoms with Gasteiger partial charge in [0.25, 0.3) is 11.6 Å². The van der Waals surface area contributed by atoms with E-state index in [9.17, 15) is 14.9 Å². The Kier molecular flexibility index (Phi) is 4.97. The number of nitrogens with one attached hydrogen (secondary N) is 3. The third-order valence-electron chi connectivity index (χ3n) is 5.20. The van der Waals surface area contributed by atoms with Gasteiger partial charge < -0.3 is 15.6 Å². The number of para-hydroxylation sites is 3. The summed E-state index contributed by atoms with van der Waals surface area (Å²) in [4.78, 5) is 26.8. The predicted molar refractivity (Wildman–Crippen MR) is 109 cm³/mol. The molecule has 1 aliphatic carbocycles. The normalized spacial score (nSPS) is 13.1. The molecule has 7 nitrogen and oxygen atoms in total. The number of benzene rings is 2. The number of nitro groups is 1. The van der Waals surface area contributed by atoms with Crippen molar-refractivity contribution in [1.29, 1.82) is 0 Å². The van der Waals surface area contributed by atoms with E-state index in [1.807, 2.05) is 12.1 Å². The minimum absolute atomic E-state index is 0.0237. The van der Waals surface area contributed by atoms with Crippen LogP contribution in [0, 0.1) is 10.1 Å². The van der Waals surface area contributed by atoms with Crippen LogP contribution >= 0.6 is 0 Å². The van der Waals surface area contributed by atoms with Gasteiger partial charge in [-0.2, -0.15) is 0 Å². The molecule has 1 heterocycles. The predicted octanol–water partition coefficient (Wildman–Crippen LogP) is 3.80. The molecule has 0 saturated carbocycles. The molecular formula is C21H22N4O3. The zero-order chi connectivity index (χ0) is 19.5. The highest BCUT2D eigenvalue weighted by Gasteiger charge is 2.19. The standard InChI is InChI=1S/C21H22N4O3/c26-21(23-13-12-22-18-10-3-4-11-19(18)25(27)28)16-8-5-7-15-14-6-1-2-9-17(14)24-20(15)16/h3-5,7-8,10-11,22,24H,1-2,6,9,12-13H2,(H,23,26). The van der Waals surface area contributed by atoms with E-state index in [1.54, 1.807) is 18.2 Å². The number of hydrogen-bond acceptors (Lipinski definition) is 4. The maximum Gasteiger partial charge on any atom is 0.292 e. The Balaban J connectivity index is 1.42. The summed E-state index contributed by atoms with van der Waals surface area (Å²) in [6, 6.07) is 12.3. The summed E-state index contributed by atoms with van der Waals surface area (Å²) in [5.74, 6) is -0.145. The molecule has 0 fully saturated rings. The molecule has 1 amide bonds. The zero-order valence-corrected chi connectivity index (χ0v) is 15.5. The molecule has 0 saturated heterocycles. The Morgan fingerprint density at radius 3 is 2.75 bits per heavy atom. The number of nitro benzene ring substituents is 1. The fourth-order valence-corrected chi connectivity index (χ4v) is 3.87. The highest BCUT2D eigenvalue weighted by Crippen LogP contribution is 2.30. The summed E-state index contributed by atoms with van der Waals surface area (Å²) in [6.45, 7) is 0.759. The first kappa shape index (κ1) is 18.0. The van der Waals surface area contributed by atoms with E-state index in [-0.39, 0.29) is 11.6 Å². The SMILES string of the molecule is O=C(NCCNc1ccccc1[N+](=O)[O-])c1cccc2c3c([nH]c12)CCCC3. The van der Waals surface area contributed by atoms with Crippen LogP contribution in [0.1, 0.15) is 34.5 Å². The van der Waals surface area contributed by atoms with E-state index in [0.29, 0.717) is 24.3 Å². The van der Waals surface area contributed by atoms with Crippen LogP contribution < -0.4 is 10.6 Å². The summed E-state index contributed by atoms with van der Waals surface area (Å²) < 4.78 is 0. The fraction of sp³-hybridized carbons (Fsp3) is 0.286. The number of amides is 1. The van der Waals surface area contributed by atoms with E-state index >= 15 is 0 Å². The number of carbonyl (C=O) groups is 1. The van der Waals surface area contributed by atoms with Crippen LogP contribution in [0.3, 0.4) is 0 Å². The van der Waals surface area contributed by atoms with Gasteiger partial charge in [0.15, 0.2) is 0 Å². The molecule has 0 radical (unpaired) electrons. The molecule has 0 unspecified atom stereocenters. The topological polar surface area (TPSA) is 100 Å². The smallest absolute Gasteiger partial charge is 0.292 e. The molecule has 3 aromatic rings. The lowest BCUT2D eigenvalue weighted by molar-refractivity contribution is -0.384. The molecule has 7 heteroatoms. The van der Waals surface area contributed by atoms with Crippen LogP contribution in [-0.2, 0) is 12.8 Å². The third-order valence-corrected chi connectivity index (χ3v) is 5.20. The van der Waals surface area contributed by atoms with Crippen molar-refractivity contribution in [3.63, 3.8) is 0 Å². The van der Waals surface area contributed by atoms with Gasteiger partial charge >= 0.3 is 0 Å². The van der Waals surface area contributed by atoms with Crippen LogP contribution in [0.25, 0.3) is 10.9 Å². The molecule has 1 aliphatic rings. The van der Waals surface area contributed by atoms with Crippen LogP contribution in [0.2, 0.25) is 0 Å². The number of hydrogen-bond donors (Lipinski definition) is 3. The molecule has 2 aromatic carbocycles. The Morgan fingerprint density at radius 1 is 1.07 bits per heavy atom. The van der Waals surface area contributed by atoms with Crippen molar-refractivity contribution >= 4 is 28.2 Å². The largest absolute Gasteiger partial charge is 0.378 e. The number of carbonyl (C=O) groups excluding carboxylic acids is 1. The average Bonchev–Trinajstić information content (AvgIpc) is 3.10. The van der Waals surface area contributed by atoms with Gasteiger partial charge in [-0.25, -0.2) is 0 Å². The maximum absolute atomic E-state index is 12.7. The van der Waals surface area contributed by atoms with Crippen molar-refractivity contribution in [3.8, 4) is 0 Å². The molecule has 144 valence electrons. The summed E-state index contributed by atoms with van der Waals surface area (Å²) in [6.07, 6.45) is 4.46. The highest BCUT2D eigenvalue weighted by molar-refractivity contribution is 6.06. The zero-order valence-electron chi connectivity index (χ0n) is 15.5. The number of aromatic nitrogens is 1.